The molecule has 0 bridgehead atoms. The summed E-state index contributed by atoms with van der Waals surface area (Å²) in [4.78, 5) is 11.5. The molecule has 0 aliphatic rings. The highest BCUT2D eigenvalue weighted by Gasteiger charge is 2.17. The Morgan fingerprint density at radius 3 is 2.61 bits per heavy atom. The van der Waals surface area contributed by atoms with Gasteiger partial charge in [-0.25, -0.2) is 14.4 Å². The molecule has 0 aliphatic carbocycles. The first kappa shape index (κ1) is 14.8. The molecule has 7 heteroatoms. The molecule has 0 spiro atoms. The molecule has 0 aromatic heterocycles. The molecule has 1 N–H and O–H groups in total. The fraction of sp³-hybridized carbons (Fsp3) is 0.182. The van der Waals surface area contributed by atoms with Crippen LogP contribution < -0.4 is 9.61 Å². The standard InChI is InChI=1S/C11H13ClNO4P/c1-3-8-16-11(14)9-4-6-10(7-5-9)17-18(12,15)13-2/h3-7H,1,8H2,2H3,(H,13,15). The Bertz CT molecular complexity index is 474. The van der Waals surface area contributed by atoms with Crippen molar-refractivity contribution in [1.82, 2.24) is 5.09 Å². The fourth-order valence-electron chi connectivity index (χ4n) is 1.05. The van der Waals surface area contributed by atoms with E-state index in [1.165, 1.54) is 37.4 Å². The highest BCUT2D eigenvalue weighted by atomic mass is 35.7. The number of ether oxygens (including phenoxy) is 1. The van der Waals surface area contributed by atoms with Gasteiger partial charge in [0.25, 0.3) is 0 Å². The summed E-state index contributed by atoms with van der Waals surface area (Å²) in [5.74, 6) is -0.174. The predicted octanol–water partition coefficient (Wildman–Crippen LogP) is 2.97. The number of nitrogens with one attached hydrogen (secondary N) is 1. The first-order valence-electron chi connectivity index (χ1n) is 5.05. The minimum atomic E-state index is -3.36. The van der Waals surface area contributed by atoms with Crippen LogP contribution in [0.15, 0.2) is 36.9 Å². The number of esters is 1. The molecule has 0 saturated carbocycles. The van der Waals surface area contributed by atoms with Gasteiger partial charge in [0, 0.05) is 11.2 Å². The van der Waals surface area contributed by atoms with E-state index in [0.29, 0.717) is 11.3 Å². The van der Waals surface area contributed by atoms with E-state index in [2.05, 4.69) is 11.7 Å². The third kappa shape index (κ3) is 4.53. The Kier molecular flexibility index (Phi) is 5.41. The zero-order valence-electron chi connectivity index (χ0n) is 9.76. The van der Waals surface area contributed by atoms with Crippen LogP contribution >= 0.6 is 18.1 Å². The second kappa shape index (κ2) is 6.59. The van der Waals surface area contributed by atoms with Crippen molar-refractivity contribution in [3.05, 3.63) is 42.5 Å². The van der Waals surface area contributed by atoms with Gasteiger partial charge in [0.1, 0.15) is 12.4 Å². The van der Waals surface area contributed by atoms with Gasteiger partial charge >= 0.3 is 12.8 Å². The highest BCUT2D eigenvalue weighted by Crippen LogP contribution is 2.47. The Balaban J connectivity index is 2.71. The number of carbonyl (C=O) groups is 1. The van der Waals surface area contributed by atoms with Gasteiger partial charge in [0.2, 0.25) is 0 Å². The molecule has 1 rings (SSSR count). The molecule has 18 heavy (non-hydrogen) atoms. The summed E-state index contributed by atoms with van der Waals surface area (Å²) in [6.45, 7) is 0.228. The lowest BCUT2D eigenvalue weighted by Crippen LogP contribution is -2.05. The Morgan fingerprint density at radius 2 is 2.11 bits per heavy atom. The number of rotatable bonds is 6. The lowest BCUT2D eigenvalue weighted by atomic mass is 10.2. The number of hydrogen-bond donors (Lipinski definition) is 1. The van der Waals surface area contributed by atoms with E-state index in [1.807, 2.05) is 0 Å². The van der Waals surface area contributed by atoms with Gasteiger partial charge in [-0.1, -0.05) is 12.7 Å². The van der Waals surface area contributed by atoms with Crippen molar-refractivity contribution in [1.29, 1.82) is 0 Å². The van der Waals surface area contributed by atoms with Crippen molar-refractivity contribution in [2.24, 2.45) is 0 Å². The predicted molar refractivity (Wildman–Crippen MR) is 70.1 cm³/mol. The third-order valence-electron chi connectivity index (χ3n) is 1.91. The van der Waals surface area contributed by atoms with E-state index in [9.17, 15) is 9.36 Å². The summed E-state index contributed by atoms with van der Waals surface area (Å²) in [7, 11) is 1.43. The number of hydrogen-bond acceptors (Lipinski definition) is 4. The van der Waals surface area contributed by atoms with Crippen LogP contribution in [-0.4, -0.2) is 19.6 Å². The van der Waals surface area contributed by atoms with Crippen molar-refractivity contribution in [3.63, 3.8) is 0 Å². The Morgan fingerprint density at radius 1 is 1.50 bits per heavy atom. The van der Waals surface area contributed by atoms with Crippen LogP contribution in [0.1, 0.15) is 10.4 Å². The first-order valence-corrected chi connectivity index (χ1v) is 7.58. The summed E-state index contributed by atoms with van der Waals surface area (Å²) in [6, 6.07) is 5.95. The smallest absolute Gasteiger partial charge is 0.408 e. The molecule has 0 radical (unpaired) electrons. The third-order valence-corrected chi connectivity index (χ3v) is 3.61. The molecule has 1 aromatic carbocycles. The summed E-state index contributed by atoms with van der Waals surface area (Å²) in [5, 5.41) is 2.35. The monoisotopic (exact) mass is 289 g/mol. The van der Waals surface area contributed by atoms with E-state index >= 15 is 0 Å². The van der Waals surface area contributed by atoms with E-state index in [4.69, 9.17) is 20.5 Å². The topological polar surface area (TPSA) is 64.6 Å². The second-order valence-electron chi connectivity index (χ2n) is 3.21. The van der Waals surface area contributed by atoms with Gasteiger partial charge in [-0.05, 0) is 31.3 Å². The van der Waals surface area contributed by atoms with E-state index in [-0.39, 0.29) is 6.61 Å². The largest absolute Gasteiger partial charge is 0.458 e. The molecule has 1 atom stereocenters. The maximum Gasteiger partial charge on any atom is 0.408 e. The van der Waals surface area contributed by atoms with Gasteiger partial charge in [-0.2, -0.15) is 0 Å². The number of carbonyl (C=O) groups excluding carboxylic acids is 1. The molecule has 98 valence electrons. The number of benzene rings is 1. The van der Waals surface area contributed by atoms with Gasteiger partial charge in [0.05, 0.1) is 5.56 Å². The maximum atomic E-state index is 11.5. The molecule has 0 amide bonds. The molecule has 1 aromatic rings. The van der Waals surface area contributed by atoms with Gasteiger partial charge in [-0.15, -0.1) is 0 Å². The first-order chi connectivity index (χ1) is 8.48. The van der Waals surface area contributed by atoms with Crippen LogP contribution in [-0.2, 0) is 9.30 Å². The second-order valence-corrected chi connectivity index (χ2v) is 6.13. The van der Waals surface area contributed by atoms with Crippen LogP contribution in [0.3, 0.4) is 0 Å². The molecule has 0 heterocycles. The molecule has 0 saturated heterocycles. The van der Waals surface area contributed by atoms with Gasteiger partial charge in [-0.3, -0.25) is 0 Å². The fourth-order valence-corrected chi connectivity index (χ4v) is 1.77. The van der Waals surface area contributed by atoms with Crippen LogP contribution in [0.2, 0.25) is 0 Å². The maximum absolute atomic E-state index is 11.5. The average Bonchev–Trinajstić information content (AvgIpc) is 2.36. The van der Waals surface area contributed by atoms with E-state index in [1.54, 1.807) is 0 Å². The van der Waals surface area contributed by atoms with Crippen LogP contribution in [0.25, 0.3) is 0 Å². The zero-order chi connectivity index (χ0) is 13.6. The van der Waals surface area contributed by atoms with Crippen molar-refractivity contribution in [2.75, 3.05) is 13.7 Å². The van der Waals surface area contributed by atoms with E-state index in [0.717, 1.165) is 0 Å². The summed E-state index contributed by atoms with van der Waals surface area (Å²) in [5.41, 5.74) is 0.359. The molecule has 5 nitrogen and oxygen atoms in total. The summed E-state index contributed by atoms with van der Waals surface area (Å²) >= 11 is 5.55. The molecule has 1 unspecified atom stereocenters. The lowest BCUT2D eigenvalue weighted by molar-refractivity contribution is 0.0550. The Hall–Kier alpha value is -1.29. The lowest BCUT2D eigenvalue weighted by Gasteiger charge is -2.11. The van der Waals surface area contributed by atoms with Crippen molar-refractivity contribution >= 4 is 24.1 Å². The van der Waals surface area contributed by atoms with Crippen LogP contribution in [0.5, 0.6) is 5.75 Å². The van der Waals surface area contributed by atoms with Crippen molar-refractivity contribution in [3.8, 4) is 5.75 Å². The zero-order valence-corrected chi connectivity index (χ0v) is 11.4. The van der Waals surface area contributed by atoms with Crippen LogP contribution in [0.4, 0.5) is 0 Å². The highest BCUT2D eigenvalue weighted by molar-refractivity contribution is 7.84. The van der Waals surface area contributed by atoms with Gasteiger partial charge < -0.3 is 9.26 Å². The Labute approximate surface area is 110 Å². The SMILES string of the molecule is C=CCOC(=O)c1ccc(OP(=O)(Cl)NC)cc1. The molecular weight excluding hydrogens is 277 g/mol. The minimum Gasteiger partial charge on any atom is -0.458 e. The number of halogens is 1. The van der Waals surface area contributed by atoms with Crippen LogP contribution in [0, 0.1) is 0 Å². The van der Waals surface area contributed by atoms with Crippen molar-refractivity contribution < 1.29 is 18.6 Å². The summed E-state index contributed by atoms with van der Waals surface area (Å²) in [6.07, 6.45) is 1.48. The van der Waals surface area contributed by atoms with E-state index < -0.39 is 12.8 Å². The molecular formula is C11H13ClNO4P. The van der Waals surface area contributed by atoms with Gasteiger partial charge in [0.15, 0.2) is 0 Å². The quantitative estimate of drug-likeness (QED) is 0.495. The van der Waals surface area contributed by atoms with Crippen molar-refractivity contribution in [2.45, 2.75) is 0 Å². The normalized spacial score (nSPS) is 13.4. The summed E-state index contributed by atoms with van der Waals surface area (Å²) < 4.78 is 21.3. The average molecular weight is 290 g/mol. The molecule has 0 aliphatic heterocycles. The molecule has 0 fully saturated rings. The minimum absolute atomic E-state index is 0.147.